The van der Waals surface area contributed by atoms with Crippen LogP contribution in [-0.4, -0.2) is 4.98 Å². The summed E-state index contributed by atoms with van der Waals surface area (Å²) in [7, 11) is 0. The number of ether oxygens (including phenoxy) is 1. The third kappa shape index (κ3) is 2.52. The van der Waals surface area contributed by atoms with Crippen LogP contribution in [0.1, 0.15) is 0 Å². The van der Waals surface area contributed by atoms with Crippen molar-refractivity contribution < 1.29 is 17.9 Å². The zero-order valence-electron chi connectivity index (χ0n) is 8.55. The molecule has 0 saturated carbocycles. The van der Waals surface area contributed by atoms with Crippen molar-refractivity contribution in [1.29, 1.82) is 0 Å². The molecular weight excluding hydrogens is 290 g/mol. The fourth-order valence-corrected chi connectivity index (χ4v) is 1.50. The SMILES string of the molecule is Fc1cc(F)c(Oc2cccc(Cl)c2Cl)nc1F. The number of rotatable bonds is 2. The molecule has 0 aliphatic rings. The highest BCUT2D eigenvalue weighted by atomic mass is 35.5. The number of pyridine rings is 1. The predicted molar refractivity (Wildman–Crippen MR) is 60.6 cm³/mol. The molecule has 0 aliphatic heterocycles. The summed E-state index contributed by atoms with van der Waals surface area (Å²) in [5, 5.41) is 0.197. The van der Waals surface area contributed by atoms with E-state index in [1.54, 1.807) is 0 Å². The molecule has 18 heavy (non-hydrogen) atoms. The molecule has 0 fully saturated rings. The summed E-state index contributed by atoms with van der Waals surface area (Å²) in [5.74, 6) is -4.76. The lowest BCUT2D eigenvalue weighted by molar-refractivity contribution is 0.387. The normalized spacial score (nSPS) is 10.5. The van der Waals surface area contributed by atoms with Crippen LogP contribution in [0.15, 0.2) is 24.3 Å². The number of hydrogen-bond donors (Lipinski definition) is 0. The van der Waals surface area contributed by atoms with Gasteiger partial charge in [0.05, 0.1) is 5.02 Å². The van der Waals surface area contributed by atoms with Crippen LogP contribution in [0.2, 0.25) is 10.0 Å². The van der Waals surface area contributed by atoms with Gasteiger partial charge in [-0.25, -0.2) is 8.78 Å². The minimum Gasteiger partial charge on any atom is -0.435 e. The maximum Gasteiger partial charge on any atom is 0.258 e. The van der Waals surface area contributed by atoms with Gasteiger partial charge in [-0.3, -0.25) is 0 Å². The molecule has 1 aromatic carbocycles. The first-order valence-corrected chi connectivity index (χ1v) is 5.38. The standard InChI is InChI=1S/C11H4Cl2F3NO/c12-5-2-1-3-8(9(5)13)18-11-7(15)4-6(14)10(16)17-11/h1-4H. The van der Waals surface area contributed by atoms with Crippen LogP contribution < -0.4 is 4.74 Å². The average molecular weight is 294 g/mol. The van der Waals surface area contributed by atoms with Gasteiger partial charge in [-0.2, -0.15) is 9.37 Å². The lowest BCUT2D eigenvalue weighted by atomic mass is 10.3. The van der Waals surface area contributed by atoms with E-state index in [9.17, 15) is 13.2 Å². The first-order valence-electron chi connectivity index (χ1n) is 4.62. The highest BCUT2D eigenvalue weighted by Crippen LogP contribution is 2.34. The molecule has 0 saturated heterocycles. The Labute approximate surface area is 110 Å². The molecule has 2 aromatic rings. The Morgan fingerprint density at radius 3 is 2.50 bits per heavy atom. The second kappa shape index (κ2) is 5.04. The molecule has 7 heteroatoms. The third-order valence-corrected chi connectivity index (χ3v) is 2.78. The molecule has 2 nitrogen and oxygen atoms in total. The largest absolute Gasteiger partial charge is 0.435 e. The Morgan fingerprint density at radius 2 is 1.78 bits per heavy atom. The number of halogens is 5. The van der Waals surface area contributed by atoms with Gasteiger partial charge in [0.2, 0.25) is 0 Å². The predicted octanol–water partition coefficient (Wildman–Crippen LogP) is 4.60. The van der Waals surface area contributed by atoms with E-state index in [2.05, 4.69) is 4.98 Å². The van der Waals surface area contributed by atoms with Crippen molar-refractivity contribution in [3.8, 4) is 11.6 Å². The zero-order valence-corrected chi connectivity index (χ0v) is 10.1. The first-order chi connectivity index (χ1) is 8.49. The van der Waals surface area contributed by atoms with Gasteiger partial charge in [-0.1, -0.05) is 29.3 Å². The Morgan fingerprint density at radius 1 is 1.06 bits per heavy atom. The van der Waals surface area contributed by atoms with Crippen molar-refractivity contribution in [2.45, 2.75) is 0 Å². The van der Waals surface area contributed by atoms with Crippen LogP contribution in [0.5, 0.6) is 11.6 Å². The van der Waals surface area contributed by atoms with Gasteiger partial charge >= 0.3 is 0 Å². The van der Waals surface area contributed by atoms with E-state index in [1.807, 2.05) is 0 Å². The van der Waals surface area contributed by atoms with Gasteiger partial charge in [0.15, 0.2) is 11.6 Å². The number of aromatic nitrogens is 1. The molecule has 2 rings (SSSR count). The molecule has 0 atom stereocenters. The summed E-state index contributed by atoms with van der Waals surface area (Å²) in [6.45, 7) is 0. The summed E-state index contributed by atoms with van der Waals surface area (Å²) in [4.78, 5) is 3.00. The van der Waals surface area contributed by atoms with Crippen LogP contribution in [0.4, 0.5) is 13.2 Å². The highest BCUT2D eigenvalue weighted by molar-refractivity contribution is 6.42. The smallest absolute Gasteiger partial charge is 0.258 e. The minimum atomic E-state index is -1.47. The summed E-state index contributed by atoms with van der Waals surface area (Å²) in [5.41, 5.74) is 0. The maximum absolute atomic E-state index is 13.3. The molecule has 0 spiro atoms. The van der Waals surface area contributed by atoms with Gasteiger partial charge in [-0.15, -0.1) is 0 Å². The van der Waals surface area contributed by atoms with E-state index in [4.69, 9.17) is 27.9 Å². The molecule has 0 amide bonds. The summed E-state index contributed by atoms with van der Waals surface area (Å²) in [6.07, 6.45) is 0. The van der Waals surface area contributed by atoms with Gasteiger partial charge in [0, 0.05) is 6.07 Å². The Balaban J connectivity index is 2.40. The fraction of sp³-hybridized carbons (Fsp3) is 0. The van der Waals surface area contributed by atoms with E-state index in [0.29, 0.717) is 6.07 Å². The molecule has 0 bridgehead atoms. The van der Waals surface area contributed by atoms with Gasteiger partial charge < -0.3 is 4.74 Å². The Kier molecular flexibility index (Phi) is 3.63. The maximum atomic E-state index is 13.3. The summed E-state index contributed by atoms with van der Waals surface area (Å²) in [6, 6.07) is 4.71. The van der Waals surface area contributed by atoms with Crippen molar-refractivity contribution in [3.05, 3.63) is 51.9 Å². The summed E-state index contributed by atoms with van der Waals surface area (Å²) < 4.78 is 43.7. The average Bonchev–Trinajstić information content (AvgIpc) is 2.32. The van der Waals surface area contributed by atoms with Gasteiger partial charge in [-0.05, 0) is 12.1 Å². The van der Waals surface area contributed by atoms with Crippen LogP contribution in [-0.2, 0) is 0 Å². The van der Waals surface area contributed by atoms with E-state index < -0.39 is 23.5 Å². The first kappa shape index (κ1) is 13.0. The van der Waals surface area contributed by atoms with E-state index in [-0.39, 0.29) is 15.8 Å². The van der Waals surface area contributed by atoms with Crippen molar-refractivity contribution in [1.82, 2.24) is 4.98 Å². The van der Waals surface area contributed by atoms with Crippen molar-refractivity contribution in [2.75, 3.05) is 0 Å². The number of hydrogen-bond acceptors (Lipinski definition) is 2. The lowest BCUT2D eigenvalue weighted by Gasteiger charge is -2.08. The van der Waals surface area contributed by atoms with Crippen LogP contribution in [0.3, 0.4) is 0 Å². The van der Waals surface area contributed by atoms with E-state index in [1.165, 1.54) is 18.2 Å². The van der Waals surface area contributed by atoms with Crippen LogP contribution in [0.25, 0.3) is 0 Å². The molecule has 0 unspecified atom stereocenters. The quantitative estimate of drug-likeness (QED) is 0.755. The van der Waals surface area contributed by atoms with E-state index >= 15 is 0 Å². The van der Waals surface area contributed by atoms with Gasteiger partial charge in [0.25, 0.3) is 11.8 Å². The third-order valence-electron chi connectivity index (χ3n) is 1.98. The summed E-state index contributed by atoms with van der Waals surface area (Å²) >= 11 is 11.5. The number of benzene rings is 1. The van der Waals surface area contributed by atoms with Crippen LogP contribution in [0, 0.1) is 17.6 Å². The Hall–Kier alpha value is -1.46. The zero-order chi connectivity index (χ0) is 13.3. The van der Waals surface area contributed by atoms with Crippen molar-refractivity contribution in [3.63, 3.8) is 0 Å². The molecule has 94 valence electrons. The molecule has 1 aromatic heterocycles. The topological polar surface area (TPSA) is 22.1 Å². The lowest BCUT2D eigenvalue weighted by Crippen LogP contribution is -1.98. The minimum absolute atomic E-state index is 0.0124. The monoisotopic (exact) mass is 293 g/mol. The second-order valence-corrected chi connectivity index (χ2v) is 3.99. The molecule has 1 heterocycles. The Bertz CT molecular complexity index is 607. The molecule has 0 radical (unpaired) electrons. The van der Waals surface area contributed by atoms with Crippen molar-refractivity contribution >= 4 is 23.2 Å². The van der Waals surface area contributed by atoms with Crippen molar-refractivity contribution in [2.24, 2.45) is 0 Å². The molecule has 0 N–H and O–H groups in total. The second-order valence-electron chi connectivity index (χ2n) is 3.20. The molecular formula is C11H4Cl2F3NO. The number of nitrogens with zero attached hydrogens (tertiary/aromatic N) is 1. The van der Waals surface area contributed by atoms with Crippen LogP contribution >= 0.6 is 23.2 Å². The fourth-order valence-electron chi connectivity index (χ4n) is 1.17. The highest BCUT2D eigenvalue weighted by Gasteiger charge is 2.15. The van der Waals surface area contributed by atoms with E-state index in [0.717, 1.165) is 0 Å². The van der Waals surface area contributed by atoms with Gasteiger partial charge in [0.1, 0.15) is 10.8 Å². The molecule has 0 aliphatic carbocycles.